The molecule has 7 heteroatoms. The molecule has 0 aliphatic carbocycles. The van der Waals surface area contributed by atoms with Crippen LogP contribution in [0.2, 0.25) is 0 Å². The van der Waals surface area contributed by atoms with Gasteiger partial charge in [-0.3, -0.25) is 4.79 Å². The van der Waals surface area contributed by atoms with Crippen molar-refractivity contribution in [2.75, 3.05) is 36.0 Å². The summed E-state index contributed by atoms with van der Waals surface area (Å²) in [5.74, 6) is -0.0923. The lowest BCUT2D eigenvalue weighted by atomic mass is 10.1. The Bertz CT molecular complexity index is 1580. The molecule has 0 fully saturated rings. The fourth-order valence-corrected chi connectivity index (χ4v) is 5.54. The summed E-state index contributed by atoms with van der Waals surface area (Å²) < 4.78 is 0. The molecule has 0 saturated carbocycles. The number of hydrogen-bond donors (Lipinski definition) is 0. The molecule has 0 aromatic heterocycles. The lowest BCUT2D eigenvalue weighted by Gasteiger charge is -2.24. The number of anilines is 2. The van der Waals surface area contributed by atoms with Gasteiger partial charge < -0.3 is 9.80 Å². The predicted molar refractivity (Wildman–Crippen MR) is 221 cm³/mol. The second-order valence-electron chi connectivity index (χ2n) is 13.1. The summed E-state index contributed by atoms with van der Waals surface area (Å²) in [7, 11) is 0. The number of allylic oxidation sites excluding steroid dienone is 2. The highest BCUT2D eigenvalue weighted by Crippen LogP contribution is 2.25. The number of benzene rings is 4. The third-order valence-corrected chi connectivity index (χ3v) is 8.78. The highest BCUT2D eigenvalue weighted by Gasteiger charge is 2.07. The van der Waals surface area contributed by atoms with Crippen molar-refractivity contribution in [3.63, 3.8) is 0 Å². The third kappa shape index (κ3) is 13.9. The van der Waals surface area contributed by atoms with Gasteiger partial charge in [-0.2, -0.15) is 20.5 Å². The summed E-state index contributed by atoms with van der Waals surface area (Å²) in [5.41, 5.74) is 7.47. The molecule has 4 aromatic carbocycles. The Labute approximate surface area is 311 Å². The Morgan fingerprint density at radius 2 is 0.712 bits per heavy atom. The molecule has 272 valence electrons. The van der Waals surface area contributed by atoms with Crippen molar-refractivity contribution in [3.05, 3.63) is 120 Å². The summed E-state index contributed by atoms with van der Waals surface area (Å²) in [6.07, 6.45) is 16.3. The lowest BCUT2D eigenvalue weighted by Crippen LogP contribution is -2.25. The zero-order valence-electron chi connectivity index (χ0n) is 31.6. The fraction of sp³-hybridized carbons (Fsp3) is 0.356. The Balaban J connectivity index is 1.25. The van der Waals surface area contributed by atoms with Gasteiger partial charge in [-0.05, 0) is 122 Å². The zero-order valence-corrected chi connectivity index (χ0v) is 31.6. The first-order valence-corrected chi connectivity index (χ1v) is 19.1. The summed E-state index contributed by atoms with van der Waals surface area (Å²) in [4.78, 5) is 17.5. The summed E-state index contributed by atoms with van der Waals surface area (Å²) in [6, 6.07) is 32.0. The maximum absolute atomic E-state index is 12.5. The van der Waals surface area contributed by atoms with Crippen molar-refractivity contribution in [3.8, 4) is 0 Å². The topological polar surface area (TPSA) is 73.0 Å². The van der Waals surface area contributed by atoms with E-state index >= 15 is 0 Å². The van der Waals surface area contributed by atoms with Crippen LogP contribution in [0.4, 0.5) is 34.1 Å². The molecule has 0 radical (unpaired) electrons. The van der Waals surface area contributed by atoms with Crippen LogP contribution >= 0.6 is 0 Å². The van der Waals surface area contributed by atoms with Crippen molar-refractivity contribution < 1.29 is 4.79 Å². The molecule has 0 heterocycles. The molecule has 0 aliphatic heterocycles. The zero-order chi connectivity index (χ0) is 36.8. The number of hydrogen-bond acceptors (Lipinski definition) is 7. The number of nitrogens with zero attached hydrogens (tertiary/aromatic N) is 6. The van der Waals surface area contributed by atoms with E-state index in [1.54, 1.807) is 24.3 Å². The maximum Gasteiger partial charge on any atom is 0.178 e. The minimum Gasteiger partial charge on any atom is -0.372 e. The molecule has 0 N–H and O–H groups in total. The van der Waals surface area contributed by atoms with Gasteiger partial charge in [0.15, 0.2) is 5.78 Å². The lowest BCUT2D eigenvalue weighted by molar-refractivity contribution is -0.110. The van der Waals surface area contributed by atoms with Crippen molar-refractivity contribution in [2.24, 2.45) is 20.5 Å². The van der Waals surface area contributed by atoms with Gasteiger partial charge in [-0.15, -0.1) is 0 Å². The molecule has 0 atom stereocenters. The van der Waals surface area contributed by atoms with Crippen LogP contribution in [-0.4, -0.2) is 32.0 Å². The van der Waals surface area contributed by atoms with E-state index in [1.165, 1.54) is 62.7 Å². The smallest absolute Gasteiger partial charge is 0.178 e. The van der Waals surface area contributed by atoms with E-state index in [-0.39, 0.29) is 5.78 Å². The van der Waals surface area contributed by atoms with Gasteiger partial charge in [-0.25, -0.2) is 0 Å². The SMILES string of the molecule is CCCCN(CCCC)c1ccc(N=Nc2ccc(/C=C/C(=O)/C=C/c3ccc(N=Nc4ccc(N(CCCC)CCCC)cc4)cc3)cc2)cc1. The summed E-state index contributed by atoms with van der Waals surface area (Å²) in [6.45, 7) is 13.2. The Hall–Kier alpha value is -5.17. The number of carbonyl (C=O) groups excluding carboxylic acids is 1. The van der Waals surface area contributed by atoms with Gasteiger partial charge in [0.2, 0.25) is 0 Å². The van der Waals surface area contributed by atoms with Gasteiger partial charge in [0.05, 0.1) is 22.7 Å². The van der Waals surface area contributed by atoms with Crippen molar-refractivity contribution in [1.82, 2.24) is 0 Å². The Kier molecular flexibility index (Phi) is 17.2. The number of carbonyl (C=O) groups is 1. The monoisotopic (exact) mass is 696 g/mol. The fourth-order valence-electron chi connectivity index (χ4n) is 5.54. The van der Waals surface area contributed by atoms with Crippen molar-refractivity contribution >= 4 is 52.1 Å². The van der Waals surface area contributed by atoms with Crippen LogP contribution in [0.25, 0.3) is 12.2 Å². The number of rotatable bonds is 22. The van der Waals surface area contributed by atoms with Gasteiger partial charge in [0.25, 0.3) is 0 Å². The third-order valence-electron chi connectivity index (χ3n) is 8.78. The van der Waals surface area contributed by atoms with E-state index in [9.17, 15) is 4.79 Å². The molecule has 4 aromatic rings. The van der Waals surface area contributed by atoms with Crippen LogP contribution < -0.4 is 9.80 Å². The minimum absolute atomic E-state index is 0.0923. The average Bonchev–Trinajstić information content (AvgIpc) is 3.19. The molecular formula is C45H56N6O. The van der Waals surface area contributed by atoms with E-state index in [1.807, 2.05) is 72.8 Å². The van der Waals surface area contributed by atoms with E-state index in [2.05, 4.69) is 82.2 Å². The molecule has 0 saturated heterocycles. The van der Waals surface area contributed by atoms with Crippen LogP contribution in [0, 0.1) is 0 Å². The van der Waals surface area contributed by atoms with E-state index in [4.69, 9.17) is 0 Å². The van der Waals surface area contributed by atoms with E-state index < -0.39 is 0 Å². The highest BCUT2D eigenvalue weighted by molar-refractivity contribution is 6.04. The van der Waals surface area contributed by atoms with E-state index in [0.29, 0.717) is 0 Å². The molecule has 0 aliphatic rings. The Morgan fingerprint density at radius 3 is 0.981 bits per heavy atom. The largest absolute Gasteiger partial charge is 0.372 e. The first-order valence-electron chi connectivity index (χ1n) is 19.1. The quantitative estimate of drug-likeness (QED) is 0.0606. The molecule has 0 unspecified atom stereocenters. The molecule has 0 amide bonds. The number of ketones is 1. The van der Waals surface area contributed by atoms with Crippen molar-refractivity contribution in [2.45, 2.75) is 79.1 Å². The predicted octanol–water partition coefficient (Wildman–Crippen LogP) is 13.6. The maximum atomic E-state index is 12.5. The summed E-state index contributed by atoms with van der Waals surface area (Å²) >= 11 is 0. The second-order valence-corrected chi connectivity index (χ2v) is 13.1. The van der Waals surface area contributed by atoms with Crippen LogP contribution in [0.3, 0.4) is 0 Å². The molecule has 0 bridgehead atoms. The normalized spacial score (nSPS) is 11.8. The van der Waals surface area contributed by atoms with Crippen molar-refractivity contribution in [1.29, 1.82) is 0 Å². The van der Waals surface area contributed by atoms with Gasteiger partial charge in [0, 0.05) is 37.6 Å². The van der Waals surface area contributed by atoms with Crippen LogP contribution in [0.1, 0.15) is 90.2 Å². The highest BCUT2D eigenvalue weighted by atomic mass is 16.1. The second kappa shape index (κ2) is 22.6. The molecule has 7 nitrogen and oxygen atoms in total. The number of azo groups is 2. The standard InChI is InChI=1S/C45H56N6O/c1-5-9-33-50(34-10-6-2)43-27-23-41(24-28-43)48-46-39-19-13-37(14-20-39)17-31-45(52)32-18-38-15-21-40(22-16-38)47-49-42-25-29-44(30-26-42)51(35-11-7-3)36-12-8-4/h13-32H,5-12,33-36H2,1-4H3/b31-17+,32-18+,48-46?,49-47?. The summed E-state index contributed by atoms with van der Waals surface area (Å²) in [5, 5.41) is 17.7. The van der Waals surface area contributed by atoms with Gasteiger partial charge >= 0.3 is 0 Å². The van der Waals surface area contributed by atoms with Gasteiger partial charge in [0.1, 0.15) is 0 Å². The van der Waals surface area contributed by atoms with Crippen LogP contribution in [0.15, 0.2) is 130 Å². The first kappa shape index (κ1) is 39.6. The molecule has 0 spiro atoms. The average molecular weight is 697 g/mol. The molecular weight excluding hydrogens is 641 g/mol. The van der Waals surface area contributed by atoms with Gasteiger partial charge in [-0.1, -0.05) is 89.8 Å². The Morgan fingerprint density at radius 1 is 0.442 bits per heavy atom. The first-order chi connectivity index (χ1) is 25.5. The number of unbranched alkanes of at least 4 members (excludes halogenated alkanes) is 4. The molecule has 52 heavy (non-hydrogen) atoms. The van der Waals surface area contributed by atoms with E-state index in [0.717, 1.165) is 60.1 Å². The van der Waals surface area contributed by atoms with Crippen LogP contribution in [0.5, 0.6) is 0 Å². The molecule has 4 rings (SSSR count). The minimum atomic E-state index is -0.0923. The van der Waals surface area contributed by atoms with Crippen LogP contribution in [-0.2, 0) is 4.79 Å².